The summed E-state index contributed by atoms with van der Waals surface area (Å²) in [5.41, 5.74) is 0.731. The molecule has 1 aliphatic rings. The summed E-state index contributed by atoms with van der Waals surface area (Å²) in [6.07, 6.45) is 0.934. The molecule has 1 N–H and O–H groups in total. The van der Waals surface area contributed by atoms with Crippen LogP contribution < -0.4 is 10.1 Å². The van der Waals surface area contributed by atoms with Crippen molar-refractivity contribution in [1.29, 1.82) is 0 Å². The lowest BCUT2D eigenvalue weighted by Gasteiger charge is -2.12. The van der Waals surface area contributed by atoms with Gasteiger partial charge in [0.25, 0.3) is 0 Å². The highest BCUT2D eigenvalue weighted by atomic mass is 79.9. The summed E-state index contributed by atoms with van der Waals surface area (Å²) in [7, 11) is 0. The number of thiophene rings is 1. The van der Waals surface area contributed by atoms with E-state index in [2.05, 4.69) is 40.3 Å². The number of hydrogen-bond acceptors (Lipinski definition) is 3. The van der Waals surface area contributed by atoms with Crippen LogP contribution >= 0.6 is 27.3 Å². The van der Waals surface area contributed by atoms with Gasteiger partial charge in [0.2, 0.25) is 5.91 Å². The second-order valence-electron chi connectivity index (χ2n) is 5.46. The maximum Gasteiger partial charge on any atom is 0.228 e. The van der Waals surface area contributed by atoms with Gasteiger partial charge < -0.3 is 10.1 Å². The molecule has 2 atom stereocenters. The molecule has 2 aromatic rings. The third kappa shape index (κ3) is 3.36. The largest absolute Gasteiger partial charge is 0.492 e. The van der Waals surface area contributed by atoms with Gasteiger partial charge in [0.15, 0.2) is 0 Å². The Kier molecular flexibility index (Phi) is 4.54. The highest BCUT2D eigenvalue weighted by molar-refractivity contribution is 9.10. The Morgan fingerprint density at radius 3 is 2.91 bits per heavy atom. The SMILES string of the molecule is CCOc1ccc(Br)cc1NC(=O)C1CC1c1ccc(C)s1. The smallest absolute Gasteiger partial charge is 0.228 e. The van der Waals surface area contributed by atoms with E-state index in [1.54, 1.807) is 11.3 Å². The third-order valence-electron chi connectivity index (χ3n) is 3.75. The summed E-state index contributed by atoms with van der Waals surface area (Å²) in [6.45, 7) is 4.61. The highest BCUT2D eigenvalue weighted by Gasteiger charge is 2.44. The molecule has 2 unspecified atom stereocenters. The first kappa shape index (κ1) is 15.6. The van der Waals surface area contributed by atoms with Crippen LogP contribution in [0, 0.1) is 12.8 Å². The quantitative estimate of drug-likeness (QED) is 0.796. The summed E-state index contributed by atoms with van der Waals surface area (Å²) in [5, 5.41) is 3.02. The number of rotatable bonds is 5. The van der Waals surface area contributed by atoms with Crippen LogP contribution in [-0.2, 0) is 4.79 Å². The van der Waals surface area contributed by atoms with Crippen molar-refractivity contribution in [3.63, 3.8) is 0 Å². The molecular formula is C17H18BrNO2S. The molecule has 3 rings (SSSR count). The van der Waals surface area contributed by atoms with E-state index in [0.29, 0.717) is 18.3 Å². The monoisotopic (exact) mass is 379 g/mol. The lowest BCUT2D eigenvalue weighted by molar-refractivity contribution is -0.117. The second-order valence-corrected chi connectivity index (χ2v) is 7.70. The van der Waals surface area contributed by atoms with Gasteiger partial charge in [0.05, 0.1) is 12.3 Å². The van der Waals surface area contributed by atoms with Crippen LogP contribution in [0.15, 0.2) is 34.8 Å². The summed E-state index contributed by atoms with van der Waals surface area (Å²) in [4.78, 5) is 15.1. The van der Waals surface area contributed by atoms with Crippen LogP contribution in [0.1, 0.15) is 29.0 Å². The van der Waals surface area contributed by atoms with Crippen molar-refractivity contribution >= 4 is 38.9 Å². The number of aryl methyl sites for hydroxylation is 1. The Morgan fingerprint density at radius 2 is 2.23 bits per heavy atom. The van der Waals surface area contributed by atoms with E-state index in [-0.39, 0.29) is 11.8 Å². The zero-order valence-corrected chi connectivity index (χ0v) is 15.0. The summed E-state index contributed by atoms with van der Waals surface area (Å²) >= 11 is 5.22. The maximum atomic E-state index is 12.5. The minimum atomic E-state index is 0.0755. The molecular weight excluding hydrogens is 362 g/mol. The van der Waals surface area contributed by atoms with Gasteiger partial charge in [-0.2, -0.15) is 0 Å². The van der Waals surface area contributed by atoms with E-state index in [1.807, 2.05) is 25.1 Å². The van der Waals surface area contributed by atoms with Crippen LogP contribution in [0.5, 0.6) is 5.75 Å². The number of amides is 1. The van der Waals surface area contributed by atoms with Gasteiger partial charge >= 0.3 is 0 Å². The number of carbonyl (C=O) groups excluding carboxylic acids is 1. The van der Waals surface area contributed by atoms with E-state index in [4.69, 9.17) is 4.74 Å². The molecule has 0 aliphatic heterocycles. The number of benzene rings is 1. The molecule has 1 saturated carbocycles. The second kappa shape index (κ2) is 6.42. The zero-order valence-electron chi connectivity index (χ0n) is 12.6. The number of hydrogen-bond donors (Lipinski definition) is 1. The van der Waals surface area contributed by atoms with E-state index >= 15 is 0 Å². The molecule has 3 nitrogen and oxygen atoms in total. The first-order chi connectivity index (χ1) is 10.6. The average molecular weight is 380 g/mol. The molecule has 0 saturated heterocycles. The number of anilines is 1. The molecule has 0 spiro atoms. The molecule has 1 aromatic heterocycles. The highest BCUT2D eigenvalue weighted by Crippen LogP contribution is 2.50. The van der Waals surface area contributed by atoms with Crippen molar-refractivity contribution in [2.75, 3.05) is 11.9 Å². The van der Waals surface area contributed by atoms with Gasteiger partial charge in [0, 0.05) is 26.1 Å². The van der Waals surface area contributed by atoms with Crippen molar-refractivity contribution in [3.8, 4) is 5.75 Å². The number of carbonyl (C=O) groups is 1. The van der Waals surface area contributed by atoms with Crippen LogP contribution in [0.4, 0.5) is 5.69 Å². The van der Waals surface area contributed by atoms with Crippen molar-refractivity contribution in [2.45, 2.75) is 26.2 Å². The van der Waals surface area contributed by atoms with E-state index in [9.17, 15) is 4.79 Å². The lowest BCUT2D eigenvalue weighted by atomic mass is 10.2. The number of halogens is 1. The van der Waals surface area contributed by atoms with Gasteiger partial charge in [-0.05, 0) is 50.6 Å². The topological polar surface area (TPSA) is 38.3 Å². The fraction of sp³-hybridized carbons (Fsp3) is 0.353. The molecule has 1 amide bonds. The van der Waals surface area contributed by atoms with Crippen molar-refractivity contribution < 1.29 is 9.53 Å². The minimum Gasteiger partial charge on any atom is -0.492 e. The first-order valence-electron chi connectivity index (χ1n) is 7.38. The van der Waals surface area contributed by atoms with E-state index in [0.717, 1.165) is 16.6 Å². The molecule has 116 valence electrons. The molecule has 0 bridgehead atoms. The van der Waals surface area contributed by atoms with E-state index in [1.165, 1.54) is 9.75 Å². The molecule has 0 radical (unpaired) electrons. The fourth-order valence-electron chi connectivity index (χ4n) is 2.56. The molecule has 22 heavy (non-hydrogen) atoms. The van der Waals surface area contributed by atoms with Crippen LogP contribution in [0.2, 0.25) is 0 Å². The Balaban J connectivity index is 1.69. The predicted molar refractivity (Wildman–Crippen MR) is 93.8 cm³/mol. The van der Waals surface area contributed by atoms with Gasteiger partial charge in [-0.15, -0.1) is 11.3 Å². The Morgan fingerprint density at radius 1 is 1.41 bits per heavy atom. The lowest BCUT2D eigenvalue weighted by Crippen LogP contribution is -2.15. The Bertz CT molecular complexity index is 698. The maximum absolute atomic E-state index is 12.5. The van der Waals surface area contributed by atoms with Crippen LogP contribution in [0.25, 0.3) is 0 Å². The third-order valence-corrected chi connectivity index (χ3v) is 5.38. The minimum absolute atomic E-state index is 0.0755. The average Bonchev–Trinajstić information content (AvgIpc) is 3.17. The molecule has 1 fully saturated rings. The zero-order chi connectivity index (χ0) is 15.7. The van der Waals surface area contributed by atoms with Crippen LogP contribution in [-0.4, -0.2) is 12.5 Å². The summed E-state index contributed by atoms with van der Waals surface area (Å²) in [5.74, 6) is 1.24. The Hall–Kier alpha value is -1.33. The van der Waals surface area contributed by atoms with Crippen molar-refractivity contribution in [1.82, 2.24) is 0 Å². The van der Waals surface area contributed by atoms with Crippen molar-refractivity contribution in [2.24, 2.45) is 5.92 Å². The summed E-state index contributed by atoms with van der Waals surface area (Å²) in [6, 6.07) is 9.93. The molecule has 1 heterocycles. The first-order valence-corrected chi connectivity index (χ1v) is 8.99. The summed E-state index contributed by atoms with van der Waals surface area (Å²) < 4.78 is 6.50. The van der Waals surface area contributed by atoms with Crippen molar-refractivity contribution in [3.05, 3.63) is 44.6 Å². The van der Waals surface area contributed by atoms with Gasteiger partial charge in [-0.3, -0.25) is 4.79 Å². The Labute approximate surface area is 142 Å². The molecule has 1 aromatic carbocycles. The predicted octanol–water partition coefficient (Wildman–Crippen LogP) is 4.96. The number of nitrogens with one attached hydrogen (secondary N) is 1. The molecule has 1 aliphatic carbocycles. The van der Waals surface area contributed by atoms with Gasteiger partial charge in [0.1, 0.15) is 5.75 Å². The standard InChI is InChI=1S/C17H18BrNO2S/c1-3-21-15-6-5-11(18)8-14(15)19-17(20)13-9-12(13)16-7-4-10(2)22-16/h4-8,12-13H,3,9H2,1-2H3,(H,19,20). The molecule has 5 heteroatoms. The fourth-order valence-corrected chi connectivity index (χ4v) is 3.98. The van der Waals surface area contributed by atoms with Gasteiger partial charge in [-0.25, -0.2) is 0 Å². The van der Waals surface area contributed by atoms with Crippen LogP contribution in [0.3, 0.4) is 0 Å². The van der Waals surface area contributed by atoms with E-state index < -0.39 is 0 Å². The normalized spacial score (nSPS) is 19.8. The number of ether oxygens (including phenoxy) is 1. The van der Waals surface area contributed by atoms with Gasteiger partial charge in [-0.1, -0.05) is 15.9 Å².